The number of aromatic nitrogens is 1. The van der Waals surface area contributed by atoms with Gasteiger partial charge in [-0.05, 0) is 42.0 Å². The third-order valence-corrected chi connectivity index (χ3v) is 3.95. The van der Waals surface area contributed by atoms with Gasteiger partial charge in [-0.15, -0.1) is 0 Å². The van der Waals surface area contributed by atoms with Gasteiger partial charge < -0.3 is 10.2 Å². The lowest BCUT2D eigenvalue weighted by Gasteiger charge is -2.17. The number of carbonyl (C=O) groups is 2. The minimum absolute atomic E-state index is 0.110. The van der Waals surface area contributed by atoms with Crippen LogP contribution >= 0.6 is 0 Å². The Morgan fingerprint density at radius 1 is 1.04 bits per heavy atom. The number of carbonyl (C=O) groups excluding carboxylic acids is 2. The van der Waals surface area contributed by atoms with E-state index in [9.17, 15) is 14.0 Å². The number of halogens is 1. The fourth-order valence-corrected chi connectivity index (χ4v) is 2.57. The molecule has 0 unspecified atom stereocenters. The zero-order chi connectivity index (χ0) is 19.2. The molecule has 1 heterocycles. The van der Waals surface area contributed by atoms with Gasteiger partial charge in [0.05, 0.1) is 0 Å². The number of hydrogen-bond donors (Lipinski definition) is 1. The zero-order valence-corrected chi connectivity index (χ0v) is 14.7. The summed E-state index contributed by atoms with van der Waals surface area (Å²) in [6.45, 7) is 0.457. The molecule has 3 aromatic rings. The van der Waals surface area contributed by atoms with Crippen LogP contribution in [0.5, 0.6) is 0 Å². The SMILES string of the molecule is CN(Cc1ccccc1)C(=O)c1ccnc(C(=O)Nc2ccc(F)cc2)c1. The molecule has 1 N–H and O–H groups in total. The van der Waals surface area contributed by atoms with Gasteiger partial charge in [0.15, 0.2) is 0 Å². The molecule has 0 saturated heterocycles. The topological polar surface area (TPSA) is 62.3 Å². The van der Waals surface area contributed by atoms with E-state index in [-0.39, 0.29) is 17.4 Å². The summed E-state index contributed by atoms with van der Waals surface area (Å²) in [4.78, 5) is 30.6. The molecule has 0 aliphatic rings. The van der Waals surface area contributed by atoms with Crippen molar-refractivity contribution in [3.05, 3.63) is 95.6 Å². The first-order valence-corrected chi connectivity index (χ1v) is 8.35. The van der Waals surface area contributed by atoms with Crippen LogP contribution in [-0.4, -0.2) is 28.7 Å². The van der Waals surface area contributed by atoms with E-state index in [1.807, 2.05) is 30.3 Å². The molecule has 0 bridgehead atoms. The number of amides is 2. The Kier molecular flexibility index (Phi) is 5.56. The Morgan fingerprint density at radius 3 is 2.44 bits per heavy atom. The van der Waals surface area contributed by atoms with Crippen LogP contribution in [0.2, 0.25) is 0 Å². The van der Waals surface area contributed by atoms with Crippen molar-refractivity contribution >= 4 is 17.5 Å². The third-order valence-electron chi connectivity index (χ3n) is 3.95. The minimum Gasteiger partial charge on any atom is -0.337 e. The Hall–Kier alpha value is -3.54. The lowest BCUT2D eigenvalue weighted by atomic mass is 10.1. The summed E-state index contributed by atoms with van der Waals surface area (Å²) >= 11 is 0. The number of benzene rings is 2. The standard InChI is InChI=1S/C21H18FN3O2/c1-25(14-15-5-3-2-4-6-15)21(27)16-11-12-23-19(13-16)20(26)24-18-9-7-17(22)8-10-18/h2-13H,14H2,1H3,(H,24,26). The predicted octanol–water partition coefficient (Wildman–Crippen LogP) is 3.75. The Labute approximate surface area is 156 Å². The zero-order valence-electron chi connectivity index (χ0n) is 14.7. The van der Waals surface area contributed by atoms with Gasteiger partial charge in [0.1, 0.15) is 11.5 Å². The molecule has 1 aromatic heterocycles. The van der Waals surface area contributed by atoms with Gasteiger partial charge in [0, 0.05) is 31.0 Å². The highest BCUT2D eigenvalue weighted by molar-refractivity contribution is 6.04. The molecule has 0 saturated carbocycles. The average Bonchev–Trinajstić information content (AvgIpc) is 2.70. The van der Waals surface area contributed by atoms with E-state index in [4.69, 9.17) is 0 Å². The van der Waals surface area contributed by atoms with Crippen molar-refractivity contribution in [2.75, 3.05) is 12.4 Å². The summed E-state index contributed by atoms with van der Waals surface area (Å²) in [6, 6.07) is 18.1. The molecular formula is C21H18FN3O2. The maximum atomic E-state index is 13.0. The van der Waals surface area contributed by atoms with Crippen LogP contribution in [0.3, 0.4) is 0 Å². The van der Waals surface area contributed by atoms with E-state index in [0.717, 1.165) is 5.56 Å². The maximum absolute atomic E-state index is 13.0. The fourth-order valence-electron chi connectivity index (χ4n) is 2.57. The molecule has 0 aliphatic carbocycles. The minimum atomic E-state index is -0.470. The first kappa shape index (κ1) is 18.3. The molecule has 0 fully saturated rings. The van der Waals surface area contributed by atoms with Gasteiger partial charge in [0.25, 0.3) is 11.8 Å². The molecule has 0 spiro atoms. The van der Waals surface area contributed by atoms with Gasteiger partial charge in [-0.2, -0.15) is 0 Å². The van der Waals surface area contributed by atoms with Crippen molar-refractivity contribution in [1.29, 1.82) is 0 Å². The van der Waals surface area contributed by atoms with Crippen molar-refractivity contribution in [3.8, 4) is 0 Å². The van der Waals surface area contributed by atoms with Crippen molar-refractivity contribution < 1.29 is 14.0 Å². The second-order valence-corrected chi connectivity index (χ2v) is 6.04. The molecule has 0 aliphatic heterocycles. The maximum Gasteiger partial charge on any atom is 0.274 e. The van der Waals surface area contributed by atoms with E-state index < -0.39 is 5.91 Å². The van der Waals surface area contributed by atoms with Crippen LogP contribution in [0.15, 0.2) is 72.9 Å². The lowest BCUT2D eigenvalue weighted by molar-refractivity contribution is 0.0785. The fraction of sp³-hybridized carbons (Fsp3) is 0.0952. The summed E-state index contributed by atoms with van der Waals surface area (Å²) in [6.07, 6.45) is 1.42. The first-order valence-electron chi connectivity index (χ1n) is 8.35. The average molecular weight is 363 g/mol. The number of pyridine rings is 1. The third kappa shape index (κ3) is 4.76. The lowest BCUT2D eigenvalue weighted by Crippen LogP contribution is -2.26. The van der Waals surface area contributed by atoms with E-state index in [1.165, 1.54) is 36.5 Å². The van der Waals surface area contributed by atoms with E-state index >= 15 is 0 Å². The second kappa shape index (κ2) is 8.23. The number of rotatable bonds is 5. The van der Waals surface area contributed by atoms with Crippen molar-refractivity contribution in [2.24, 2.45) is 0 Å². The van der Waals surface area contributed by atoms with Gasteiger partial charge >= 0.3 is 0 Å². The van der Waals surface area contributed by atoms with E-state index in [0.29, 0.717) is 17.8 Å². The molecular weight excluding hydrogens is 345 g/mol. The summed E-state index contributed by atoms with van der Waals surface area (Å²) in [7, 11) is 1.70. The highest BCUT2D eigenvalue weighted by atomic mass is 19.1. The predicted molar refractivity (Wildman–Crippen MR) is 101 cm³/mol. The van der Waals surface area contributed by atoms with Crippen LogP contribution in [0.1, 0.15) is 26.4 Å². The molecule has 2 amide bonds. The highest BCUT2D eigenvalue weighted by Gasteiger charge is 2.15. The van der Waals surface area contributed by atoms with Gasteiger partial charge in [-0.25, -0.2) is 4.39 Å². The van der Waals surface area contributed by atoms with Crippen LogP contribution in [0.25, 0.3) is 0 Å². The van der Waals surface area contributed by atoms with Crippen LogP contribution in [0, 0.1) is 5.82 Å². The summed E-state index contributed by atoms with van der Waals surface area (Å²) in [5.41, 5.74) is 1.93. The van der Waals surface area contributed by atoms with Gasteiger partial charge in [-0.1, -0.05) is 30.3 Å². The summed E-state index contributed by atoms with van der Waals surface area (Å²) in [5, 5.41) is 2.63. The second-order valence-electron chi connectivity index (χ2n) is 6.04. The molecule has 0 atom stereocenters. The normalized spacial score (nSPS) is 10.3. The number of anilines is 1. The number of nitrogens with one attached hydrogen (secondary N) is 1. The molecule has 2 aromatic carbocycles. The monoisotopic (exact) mass is 363 g/mol. The summed E-state index contributed by atoms with van der Waals surface area (Å²) < 4.78 is 13.0. The Balaban J connectivity index is 1.71. The molecule has 3 rings (SSSR count). The van der Waals surface area contributed by atoms with E-state index in [1.54, 1.807) is 18.0 Å². The molecule has 0 radical (unpaired) electrons. The molecule has 136 valence electrons. The van der Waals surface area contributed by atoms with Crippen LogP contribution < -0.4 is 5.32 Å². The van der Waals surface area contributed by atoms with Crippen molar-refractivity contribution in [3.63, 3.8) is 0 Å². The molecule has 6 heteroatoms. The van der Waals surface area contributed by atoms with Gasteiger partial charge in [0.2, 0.25) is 0 Å². The Bertz CT molecular complexity index is 943. The molecule has 27 heavy (non-hydrogen) atoms. The Morgan fingerprint density at radius 2 is 1.74 bits per heavy atom. The highest BCUT2D eigenvalue weighted by Crippen LogP contribution is 2.12. The number of nitrogens with zero attached hydrogens (tertiary/aromatic N) is 2. The van der Waals surface area contributed by atoms with Crippen LogP contribution in [0.4, 0.5) is 10.1 Å². The molecule has 5 nitrogen and oxygen atoms in total. The number of hydrogen-bond acceptors (Lipinski definition) is 3. The quantitative estimate of drug-likeness (QED) is 0.751. The summed E-state index contributed by atoms with van der Waals surface area (Å²) in [5.74, 6) is -1.07. The smallest absolute Gasteiger partial charge is 0.274 e. The van der Waals surface area contributed by atoms with Crippen molar-refractivity contribution in [2.45, 2.75) is 6.54 Å². The van der Waals surface area contributed by atoms with Crippen LogP contribution in [-0.2, 0) is 6.54 Å². The largest absolute Gasteiger partial charge is 0.337 e. The van der Waals surface area contributed by atoms with Gasteiger partial charge in [-0.3, -0.25) is 14.6 Å². The van der Waals surface area contributed by atoms with E-state index in [2.05, 4.69) is 10.3 Å². The first-order chi connectivity index (χ1) is 13.0. The van der Waals surface area contributed by atoms with Crippen molar-refractivity contribution in [1.82, 2.24) is 9.88 Å².